The van der Waals surface area contributed by atoms with Crippen LogP contribution in [0.25, 0.3) is 0 Å². The van der Waals surface area contributed by atoms with E-state index in [1.54, 1.807) is 24.3 Å². The zero-order valence-electron chi connectivity index (χ0n) is 16.6. The van der Waals surface area contributed by atoms with Crippen LogP contribution in [-0.4, -0.2) is 11.6 Å². The molecule has 0 saturated carbocycles. The zero-order valence-corrected chi connectivity index (χ0v) is 16.6. The van der Waals surface area contributed by atoms with Gasteiger partial charge in [-0.3, -0.25) is 9.59 Å². The van der Waals surface area contributed by atoms with Crippen LogP contribution in [0.3, 0.4) is 0 Å². The predicted molar refractivity (Wildman–Crippen MR) is 120 cm³/mol. The zero-order chi connectivity index (χ0) is 20.8. The lowest BCUT2D eigenvalue weighted by molar-refractivity contribution is 0.0817. The van der Waals surface area contributed by atoms with Crippen LogP contribution in [0.1, 0.15) is 43.0 Å². The summed E-state index contributed by atoms with van der Waals surface area (Å²) in [6, 6.07) is 34.9. The maximum atomic E-state index is 12.6. The van der Waals surface area contributed by atoms with Gasteiger partial charge in [0.05, 0.1) is 0 Å². The Morgan fingerprint density at radius 2 is 0.700 bits per heavy atom. The van der Waals surface area contributed by atoms with E-state index in [1.807, 2.05) is 60.7 Å². The van der Waals surface area contributed by atoms with Crippen molar-refractivity contribution in [3.05, 3.63) is 143 Å². The van der Waals surface area contributed by atoms with Crippen molar-refractivity contribution in [3.8, 4) is 0 Å². The highest BCUT2D eigenvalue weighted by molar-refractivity contribution is 6.49. The van der Waals surface area contributed by atoms with Crippen LogP contribution in [0.2, 0.25) is 0 Å². The second-order valence-electron chi connectivity index (χ2n) is 7.38. The van der Waals surface area contributed by atoms with Gasteiger partial charge in [-0.1, -0.05) is 109 Å². The lowest BCUT2D eigenvalue weighted by Gasteiger charge is -2.06. The van der Waals surface area contributed by atoms with E-state index in [-0.39, 0.29) is 0 Å². The van der Waals surface area contributed by atoms with Gasteiger partial charge in [0.1, 0.15) is 0 Å². The lowest BCUT2D eigenvalue weighted by Crippen LogP contribution is -2.14. The second kappa shape index (κ2) is 9.15. The van der Waals surface area contributed by atoms with E-state index in [4.69, 9.17) is 0 Å². The van der Waals surface area contributed by atoms with Gasteiger partial charge in [-0.2, -0.15) is 0 Å². The molecule has 0 bridgehead atoms. The van der Waals surface area contributed by atoms with Crippen LogP contribution >= 0.6 is 0 Å². The van der Waals surface area contributed by atoms with Crippen LogP contribution in [0.15, 0.2) is 109 Å². The van der Waals surface area contributed by atoms with Crippen LogP contribution < -0.4 is 0 Å². The molecular weight excluding hydrogens is 368 g/mol. The first-order valence-corrected chi connectivity index (χ1v) is 10.0. The van der Waals surface area contributed by atoms with E-state index in [2.05, 4.69) is 24.3 Å². The topological polar surface area (TPSA) is 34.1 Å². The summed E-state index contributed by atoms with van der Waals surface area (Å²) in [4.78, 5) is 25.3. The summed E-state index contributed by atoms with van der Waals surface area (Å²) >= 11 is 0. The molecule has 2 nitrogen and oxygen atoms in total. The number of benzene rings is 4. The molecule has 0 fully saturated rings. The fourth-order valence-corrected chi connectivity index (χ4v) is 3.47. The van der Waals surface area contributed by atoms with Crippen LogP contribution in [0.4, 0.5) is 0 Å². The van der Waals surface area contributed by atoms with Gasteiger partial charge in [-0.25, -0.2) is 0 Å². The number of carbonyl (C=O) groups is 2. The maximum Gasteiger partial charge on any atom is 0.233 e. The molecule has 0 aliphatic rings. The summed E-state index contributed by atoms with van der Waals surface area (Å²) < 4.78 is 0. The van der Waals surface area contributed by atoms with E-state index in [0.29, 0.717) is 11.1 Å². The lowest BCUT2D eigenvalue weighted by atomic mass is 9.97. The largest absolute Gasteiger partial charge is 0.285 e. The molecular formula is C28H22O2. The third-order valence-electron chi connectivity index (χ3n) is 5.14. The van der Waals surface area contributed by atoms with Crippen molar-refractivity contribution in [1.82, 2.24) is 0 Å². The molecule has 2 heteroatoms. The van der Waals surface area contributed by atoms with Crippen molar-refractivity contribution in [2.45, 2.75) is 12.8 Å². The molecule has 30 heavy (non-hydrogen) atoms. The van der Waals surface area contributed by atoms with Crippen molar-refractivity contribution in [3.63, 3.8) is 0 Å². The Kier molecular flexibility index (Phi) is 5.95. The fourth-order valence-electron chi connectivity index (χ4n) is 3.47. The van der Waals surface area contributed by atoms with Gasteiger partial charge in [-0.05, 0) is 35.1 Å². The average Bonchev–Trinajstić information content (AvgIpc) is 2.80. The van der Waals surface area contributed by atoms with E-state index < -0.39 is 11.6 Å². The summed E-state index contributed by atoms with van der Waals surface area (Å²) in [6.07, 6.45) is 1.60. The van der Waals surface area contributed by atoms with E-state index in [0.717, 1.165) is 24.0 Å². The van der Waals surface area contributed by atoms with Gasteiger partial charge >= 0.3 is 0 Å². The molecule has 0 atom stereocenters. The number of ketones is 2. The molecule has 4 aromatic rings. The summed E-state index contributed by atoms with van der Waals surface area (Å²) in [7, 11) is 0. The van der Waals surface area contributed by atoms with Gasteiger partial charge in [-0.15, -0.1) is 0 Å². The number of carbonyl (C=O) groups excluding carboxylic acids is 2. The third-order valence-corrected chi connectivity index (χ3v) is 5.14. The van der Waals surface area contributed by atoms with Gasteiger partial charge < -0.3 is 0 Å². The molecule has 0 aliphatic heterocycles. The highest BCUT2D eigenvalue weighted by Crippen LogP contribution is 2.15. The van der Waals surface area contributed by atoms with Gasteiger partial charge in [0.2, 0.25) is 11.6 Å². The Balaban J connectivity index is 1.42. The molecule has 146 valence electrons. The summed E-state index contributed by atoms with van der Waals surface area (Å²) in [6.45, 7) is 0. The first kappa shape index (κ1) is 19.5. The van der Waals surface area contributed by atoms with Crippen molar-refractivity contribution in [1.29, 1.82) is 0 Å². The number of Topliss-reactive ketones (excluding diaryl/α,β-unsaturated/α-hetero) is 2. The molecule has 4 aromatic carbocycles. The van der Waals surface area contributed by atoms with Crippen molar-refractivity contribution in [2.24, 2.45) is 0 Å². The van der Waals surface area contributed by atoms with Gasteiger partial charge in [0.15, 0.2) is 0 Å². The Labute approximate surface area is 176 Å². The predicted octanol–water partition coefficient (Wildman–Crippen LogP) is 5.93. The van der Waals surface area contributed by atoms with E-state index in [9.17, 15) is 9.59 Å². The molecule has 4 rings (SSSR count). The Morgan fingerprint density at radius 1 is 0.400 bits per heavy atom. The van der Waals surface area contributed by atoms with Gasteiger partial charge in [0.25, 0.3) is 0 Å². The Morgan fingerprint density at radius 3 is 1.03 bits per heavy atom. The minimum absolute atomic E-state index is 0.421. The maximum absolute atomic E-state index is 12.6. The Hall–Kier alpha value is -3.78. The molecule has 0 unspecified atom stereocenters. The minimum Gasteiger partial charge on any atom is -0.285 e. The second-order valence-corrected chi connectivity index (χ2v) is 7.38. The summed E-state index contributed by atoms with van der Waals surface area (Å²) in [5.41, 5.74) is 5.48. The first-order valence-electron chi connectivity index (χ1n) is 10.0. The normalized spacial score (nSPS) is 10.5. The molecule has 0 radical (unpaired) electrons. The van der Waals surface area contributed by atoms with Crippen LogP contribution in [-0.2, 0) is 12.8 Å². The molecule has 0 N–H and O–H groups in total. The molecule has 0 aliphatic carbocycles. The quantitative estimate of drug-likeness (QED) is 0.289. The highest BCUT2D eigenvalue weighted by atomic mass is 16.2. The Bertz CT molecular complexity index is 1030. The minimum atomic E-state index is -0.475. The highest BCUT2D eigenvalue weighted by Gasteiger charge is 2.18. The SMILES string of the molecule is O=C(C(=O)c1ccc(Cc2ccccc2)cc1)c1ccc(Cc2ccccc2)cc1. The molecule has 0 saturated heterocycles. The summed E-state index contributed by atoms with van der Waals surface area (Å²) in [5, 5.41) is 0. The molecule has 0 amide bonds. The summed E-state index contributed by atoms with van der Waals surface area (Å²) in [5.74, 6) is -0.950. The van der Waals surface area contributed by atoms with Crippen LogP contribution in [0.5, 0.6) is 0 Å². The molecule has 0 aromatic heterocycles. The number of hydrogen-bond donors (Lipinski definition) is 0. The monoisotopic (exact) mass is 390 g/mol. The standard InChI is InChI=1S/C28H22O2/c29-27(25-15-11-23(12-16-25)19-21-7-3-1-4-8-21)28(30)26-17-13-24(14-18-26)20-22-9-5-2-6-10-22/h1-18H,19-20H2. The molecule has 0 spiro atoms. The fraction of sp³-hybridized carbons (Fsp3) is 0.0714. The van der Waals surface area contributed by atoms with Gasteiger partial charge in [0, 0.05) is 11.1 Å². The first-order chi connectivity index (χ1) is 14.7. The third kappa shape index (κ3) is 4.79. The average molecular weight is 390 g/mol. The molecule has 0 heterocycles. The number of hydrogen-bond acceptors (Lipinski definition) is 2. The van der Waals surface area contributed by atoms with Crippen molar-refractivity contribution >= 4 is 11.6 Å². The smallest absolute Gasteiger partial charge is 0.233 e. The van der Waals surface area contributed by atoms with E-state index in [1.165, 1.54) is 11.1 Å². The van der Waals surface area contributed by atoms with Crippen LogP contribution in [0, 0.1) is 0 Å². The van der Waals surface area contributed by atoms with Crippen molar-refractivity contribution < 1.29 is 9.59 Å². The van der Waals surface area contributed by atoms with E-state index >= 15 is 0 Å². The van der Waals surface area contributed by atoms with Crippen molar-refractivity contribution in [2.75, 3.05) is 0 Å². The number of rotatable bonds is 7.